The molecule has 0 bridgehead atoms. The summed E-state index contributed by atoms with van der Waals surface area (Å²) in [7, 11) is 1.63. The van der Waals surface area contributed by atoms with E-state index in [1.54, 1.807) is 7.11 Å². The Morgan fingerprint density at radius 3 is 2.32 bits per heavy atom. The van der Waals surface area contributed by atoms with Crippen molar-refractivity contribution in [2.24, 2.45) is 0 Å². The molecule has 0 heterocycles. The summed E-state index contributed by atoms with van der Waals surface area (Å²) in [5.41, 5.74) is 5.78. The highest BCUT2D eigenvalue weighted by atomic mass is 16.5. The van der Waals surface area contributed by atoms with Gasteiger partial charge in [-0.3, -0.25) is 0 Å². The van der Waals surface area contributed by atoms with Crippen molar-refractivity contribution in [3.8, 4) is 22.9 Å². The van der Waals surface area contributed by atoms with Crippen LogP contribution in [0.1, 0.15) is 16.7 Å². The van der Waals surface area contributed by atoms with Gasteiger partial charge in [0.1, 0.15) is 5.75 Å². The Morgan fingerprint density at radius 1 is 1.00 bits per heavy atom. The Kier molecular flexibility index (Phi) is 3.87. The number of rotatable bonds is 3. The molecule has 2 rings (SSSR count). The van der Waals surface area contributed by atoms with Crippen LogP contribution in [0.3, 0.4) is 0 Å². The van der Waals surface area contributed by atoms with E-state index in [9.17, 15) is 0 Å². The van der Waals surface area contributed by atoms with Crippen molar-refractivity contribution >= 4 is 0 Å². The van der Waals surface area contributed by atoms with Gasteiger partial charge in [0.25, 0.3) is 0 Å². The van der Waals surface area contributed by atoms with Crippen LogP contribution in [-0.4, -0.2) is 7.11 Å². The second-order valence-electron chi connectivity index (χ2n) is 4.66. The maximum Gasteiger partial charge on any atom is 0.123 e. The molecular weight excluding hydrogens is 234 g/mol. The molecule has 0 aliphatic rings. The predicted octanol–water partition coefficient (Wildman–Crippen LogP) is 4.05. The van der Waals surface area contributed by atoms with Gasteiger partial charge >= 0.3 is 0 Å². The summed E-state index contributed by atoms with van der Waals surface area (Å²) in [6.07, 6.45) is 0.363. The van der Waals surface area contributed by atoms with Gasteiger partial charge in [0, 0.05) is 5.56 Å². The van der Waals surface area contributed by atoms with Crippen LogP contribution in [0, 0.1) is 25.2 Å². The normalized spacial score (nSPS) is 10.0. The second kappa shape index (κ2) is 5.58. The van der Waals surface area contributed by atoms with Crippen molar-refractivity contribution < 1.29 is 4.74 Å². The molecule has 0 saturated carbocycles. The highest BCUT2D eigenvalue weighted by molar-refractivity contribution is 5.67. The number of benzene rings is 2. The van der Waals surface area contributed by atoms with E-state index in [-0.39, 0.29) is 0 Å². The summed E-state index contributed by atoms with van der Waals surface area (Å²) in [5, 5.41) is 8.88. The minimum atomic E-state index is 0.363. The van der Waals surface area contributed by atoms with Gasteiger partial charge in [-0.1, -0.05) is 24.3 Å². The van der Waals surface area contributed by atoms with Crippen LogP contribution in [-0.2, 0) is 6.42 Å². The van der Waals surface area contributed by atoms with Gasteiger partial charge in [0.2, 0.25) is 0 Å². The lowest BCUT2D eigenvalue weighted by molar-refractivity contribution is 0.411. The quantitative estimate of drug-likeness (QED) is 0.824. The molecule has 0 amide bonds. The van der Waals surface area contributed by atoms with Crippen molar-refractivity contribution in [1.29, 1.82) is 5.26 Å². The molecule has 0 aliphatic heterocycles. The van der Waals surface area contributed by atoms with Crippen LogP contribution in [0.4, 0.5) is 0 Å². The first-order valence-corrected chi connectivity index (χ1v) is 6.27. The van der Waals surface area contributed by atoms with Gasteiger partial charge in [0.15, 0.2) is 0 Å². The Bertz CT molecular complexity index is 638. The highest BCUT2D eigenvalue weighted by Crippen LogP contribution is 2.28. The van der Waals surface area contributed by atoms with Crippen molar-refractivity contribution in [1.82, 2.24) is 0 Å². The van der Waals surface area contributed by atoms with E-state index >= 15 is 0 Å². The van der Waals surface area contributed by atoms with Gasteiger partial charge < -0.3 is 4.74 Å². The molecule has 19 heavy (non-hydrogen) atoms. The lowest BCUT2D eigenvalue weighted by Gasteiger charge is -2.10. The fourth-order valence-corrected chi connectivity index (χ4v) is 2.10. The lowest BCUT2D eigenvalue weighted by Crippen LogP contribution is -1.92. The Balaban J connectivity index is 2.48. The SMILES string of the molecule is COc1ccc(-c2ccc(C)c(C)c2)cc1CC#N. The van der Waals surface area contributed by atoms with E-state index in [2.05, 4.69) is 38.1 Å². The summed E-state index contributed by atoms with van der Waals surface area (Å²) in [4.78, 5) is 0. The van der Waals surface area contributed by atoms with Crippen LogP contribution in [0.15, 0.2) is 36.4 Å². The summed E-state index contributed by atoms with van der Waals surface area (Å²) in [6.45, 7) is 4.22. The maximum absolute atomic E-state index is 8.88. The van der Waals surface area contributed by atoms with Crippen molar-refractivity contribution in [3.63, 3.8) is 0 Å². The number of aryl methyl sites for hydroxylation is 2. The molecule has 0 aromatic heterocycles. The highest BCUT2D eigenvalue weighted by Gasteiger charge is 2.06. The average molecular weight is 251 g/mol. The molecule has 0 radical (unpaired) electrons. The minimum Gasteiger partial charge on any atom is -0.496 e. The molecule has 0 aliphatic carbocycles. The predicted molar refractivity (Wildman–Crippen MR) is 77.2 cm³/mol. The zero-order chi connectivity index (χ0) is 13.8. The topological polar surface area (TPSA) is 33.0 Å². The molecular formula is C17H17NO. The fourth-order valence-electron chi connectivity index (χ4n) is 2.10. The number of nitriles is 1. The van der Waals surface area contributed by atoms with E-state index in [0.29, 0.717) is 6.42 Å². The van der Waals surface area contributed by atoms with Crippen LogP contribution in [0.25, 0.3) is 11.1 Å². The molecule has 2 nitrogen and oxygen atoms in total. The summed E-state index contributed by atoms with van der Waals surface area (Å²) in [6, 6.07) is 14.6. The minimum absolute atomic E-state index is 0.363. The Labute approximate surface area is 114 Å². The molecule has 96 valence electrons. The first kappa shape index (κ1) is 13.2. The fraction of sp³-hybridized carbons (Fsp3) is 0.235. The van der Waals surface area contributed by atoms with Gasteiger partial charge in [-0.15, -0.1) is 0 Å². The number of hydrogen-bond donors (Lipinski definition) is 0. The first-order chi connectivity index (χ1) is 9.15. The van der Waals surface area contributed by atoms with Crippen LogP contribution in [0.5, 0.6) is 5.75 Å². The molecule has 2 heteroatoms. The number of ether oxygens (including phenoxy) is 1. The zero-order valence-electron chi connectivity index (χ0n) is 11.5. The average Bonchev–Trinajstić information content (AvgIpc) is 2.42. The van der Waals surface area contributed by atoms with Crippen molar-refractivity contribution in [2.45, 2.75) is 20.3 Å². The summed E-state index contributed by atoms with van der Waals surface area (Å²) >= 11 is 0. The monoisotopic (exact) mass is 251 g/mol. The maximum atomic E-state index is 8.88. The number of hydrogen-bond acceptors (Lipinski definition) is 2. The van der Waals surface area contributed by atoms with Gasteiger partial charge in [0.05, 0.1) is 19.6 Å². The van der Waals surface area contributed by atoms with Crippen molar-refractivity contribution in [2.75, 3.05) is 7.11 Å². The standard InChI is InChI=1S/C17H17NO/c1-12-4-5-14(10-13(12)2)15-6-7-17(19-3)16(11-15)8-9-18/h4-7,10-11H,8H2,1-3H3. The van der Waals surface area contributed by atoms with E-state index in [4.69, 9.17) is 10.00 Å². The molecule has 0 atom stereocenters. The molecule has 0 spiro atoms. The van der Waals surface area contributed by atoms with Gasteiger partial charge in [-0.2, -0.15) is 5.26 Å². The third-order valence-electron chi connectivity index (χ3n) is 3.39. The van der Waals surface area contributed by atoms with Crippen LogP contribution < -0.4 is 4.74 Å². The summed E-state index contributed by atoms with van der Waals surface area (Å²) in [5.74, 6) is 0.772. The van der Waals surface area contributed by atoms with Gasteiger partial charge in [-0.25, -0.2) is 0 Å². The molecule has 0 fully saturated rings. The molecule has 2 aromatic rings. The van der Waals surface area contributed by atoms with Gasteiger partial charge in [-0.05, 0) is 48.2 Å². The smallest absolute Gasteiger partial charge is 0.123 e. The number of methoxy groups -OCH3 is 1. The van der Waals surface area contributed by atoms with E-state index < -0.39 is 0 Å². The Morgan fingerprint density at radius 2 is 1.68 bits per heavy atom. The van der Waals surface area contributed by atoms with Crippen molar-refractivity contribution in [3.05, 3.63) is 53.1 Å². The largest absolute Gasteiger partial charge is 0.496 e. The lowest BCUT2D eigenvalue weighted by atomic mass is 9.98. The second-order valence-corrected chi connectivity index (χ2v) is 4.66. The van der Waals surface area contributed by atoms with E-state index in [1.165, 1.54) is 16.7 Å². The molecule has 2 aromatic carbocycles. The summed E-state index contributed by atoms with van der Waals surface area (Å²) < 4.78 is 5.28. The zero-order valence-corrected chi connectivity index (χ0v) is 11.5. The third kappa shape index (κ3) is 2.77. The van der Waals surface area contributed by atoms with Crippen LogP contribution >= 0.6 is 0 Å². The molecule has 0 N–H and O–H groups in total. The third-order valence-corrected chi connectivity index (χ3v) is 3.39. The first-order valence-electron chi connectivity index (χ1n) is 6.27. The van der Waals surface area contributed by atoms with E-state index in [0.717, 1.165) is 16.9 Å². The molecule has 0 unspecified atom stereocenters. The van der Waals surface area contributed by atoms with E-state index in [1.807, 2.05) is 18.2 Å². The number of nitrogens with zero attached hydrogens (tertiary/aromatic N) is 1. The van der Waals surface area contributed by atoms with Crippen LogP contribution in [0.2, 0.25) is 0 Å². The molecule has 0 saturated heterocycles. The Hall–Kier alpha value is -2.27.